The van der Waals surface area contributed by atoms with E-state index in [9.17, 15) is 9.59 Å². The van der Waals surface area contributed by atoms with E-state index < -0.39 is 0 Å². The fourth-order valence-corrected chi connectivity index (χ4v) is 5.36. The summed E-state index contributed by atoms with van der Waals surface area (Å²) in [6, 6.07) is 10.1. The zero-order valence-electron chi connectivity index (χ0n) is 18.4. The molecule has 5 rings (SSSR count). The number of thioether (sulfide) groups is 1. The normalized spacial score (nSPS) is 18.4. The zero-order chi connectivity index (χ0) is 23.3. The van der Waals surface area contributed by atoms with Crippen molar-refractivity contribution in [3.8, 4) is 11.3 Å². The Labute approximate surface area is 205 Å². The summed E-state index contributed by atoms with van der Waals surface area (Å²) in [5.74, 6) is 0.685. The molecule has 3 aromatic rings. The standard InChI is InChI=1S/C24H24N6O2S2/c31-22-21(34-24(32)29-22)12-18-4-8-25-23(28-18)26-13-16-5-9-30(10-6-16)14-19-2-1-3-20(27-19)17-7-11-33-15-17/h1-4,7-8,11-12,15-16H,5-6,9-10,13-14H2,(H,25,26,28)(H,29,31,32)/b21-12-. The molecule has 34 heavy (non-hydrogen) atoms. The summed E-state index contributed by atoms with van der Waals surface area (Å²) in [5, 5.41) is 9.43. The van der Waals surface area contributed by atoms with Crippen LogP contribution in [0.2, 0.25) is 0 Å². The lowest BCUT2D eigenvalue weighted by Gasteiger charge is -2.31. The van der Waals surface area contributed by atoms with Crippen LogP contribution in [0.1, 0.15) is 24.2 Å². The van der Waals surface area contributed by atoms with E-state index in [0.717, 1.165) is 62.2 Å². The molecule has 2 amide bonds. The summed E-state index contributed by atoms with van der Waals surface area (Å²) in [6.45, 7) is 3.73. The molecule has 0 radical (unpaired) electrons. The number of aromatic nitrogens is 3. The fraction of sp³-hybridized carbons (Fsp3) is 0.292. The van der Waals surface area contributed by atoms with Crippen molar-refractivity contribution in [1.82, 2.24) is 25.2 Å². The average Bonchev–Trinajstić information content (AvgIpc) is 3.49. The number of thiophene rings is 1. The van der Waals surface area contributed by atoms with Gasteiger partial charge in [-0.3, -0.25) is 24.8 Å². The SMILES string of the molecule is O=C1NC(=O)/C(=C/c2ccnc(NCC3CCN(Cc4cccc(-c5ccsc5)n4)CC3)n2)S1. The highest BCUT2D eigenvalue weighted by atomic mass is 32.2. The van der Waals surface area contributed by atoms with Crippen molar-refractivity contribution >= 4 is 46.3 Å². The maximum atomic E-state index is 11.7. The number of rotatable bonds is 7. The third-order valence-corrected chi connectivity index (χ3v) is 7.36. The van der Waals surface area contributed by atoms with Gasteiger partial charge in [-0.25, -0.2) is 9.97 Å². The lowest BCUT2D eigenvalue weighted by Crippen LogP contribution is -2.35. The molecular formula is C24H24N6O2S2. The summed E-state index contributed by atoms with van der Waals surface area (Å²) < 4.78 is 0. The minimum absolute atomic E-state index is 0.345. The second kappa shape index (κ2) is 10.5. The van der Waals surface area contributed by atoms with Gasteiger partial charge in [0, 0.05) is 30.2 Å². The van der Waals surface area contributed by atoms with Gasteiger partial charge in [-0.1, -0.05) is 6.07 Å². The van der Waals surface area contributed by atoms with Crippen LogP contribution in [-0.2, 0) is 11.3 Å². The first kappa shape index (κ1) is 22.7. The number of imide groups is 1. The second-order valence-corrected chi connectivity index (χ2v) is 10.1. The maximum absolute atomic E-state index is 11.7. The number of anilines is 1. The minimum atomic E-state index is -0.386. The first-order chi connectivity index (χ1) is 16.6. The van der Waals surface area contributed by atoms with Crippen molar-refractivity contribution in [2.75, 3.05) is 25.0 Å². The van der Waals surface area contributed by atoms with Crippen molar-refractivity contribution in [2.24, 2.45) is 5.92 Å². The van der Waals surface area contributed by atoms with Gasteiger partial charge in [0.1, 0.15) is 0 Å². The molecule has 0 spiro atoms. The van der Waals surface area contributed by atoms with E-state index in [1.54, 1.807) is 29.7 Å². The molecule has 2 aliphatic heterocycles. The Morgan fingerprint density at radius 3 is 2.79 bits per heavy atom. The third-order valence-electron chi connectivity index (χ3n) is 5.86. The molecule has 0 saturated carbocycles. The molecule has 2 aliphatic rings. The Morgan fingerprint density at radius 1 is 1.15 bits per heavy atom. The highest BCUT2D eigenvalue weighted by Gasteiger charge is 2.25. The van der Waals surface area contributed by atoms with E-state index in [2.05, 4.69) is 60.5 Å². The average molecular weight is 493 g/mol. The van der Waals surface area contributed by atoms with Gasteiger partial charge >= 0.3 is 0 Å². The number of likely N-dealkylation sites (tertiary alicyclic amines) is 1. The Bertz CT molecular complexity index is 1210. The number of piperidine rings is 1. The maximum Gasteiger partial charge on any atom is 0.290 e. The molecule has 5 heterocycles. The van der Waals surface area contributed by atoms with E-state index in [1.165, 1.54) is 5.56 Å². The molecule has 10 heteroatoms. The summed E-state index contributed by atoms with van der Waals surface area (Å²) in [5.41, 5.74) is 3.92. The molecule has 0 aromatic carbocycles. The Hall–Kier alpha value is -3.08. The number of nitrogens with one attached hydrogen (secondary N) is 2. The van der Waals surface area contributed by atoms with Crippen LogP contribution in [-0.4, -0.2) is 50.6 Å². The van der Waals surface area contributed by atoms with Gasteiger partial charge in [0.05, 0.1) is 22.0 Å². The van der Waals surface area contributed by atoms with Crippen molar-refractivity contribution in [2.45, 2.75) is 19.4 Å². The molecular weight excluding hydrogens is 468 g/mol. The van der Waals surface area contributed by atoms with Gasteiger partial charge in [0.25, 0.3) is 11.1 Å². The molecule has 3 aromatic heterocycles. The third kappa shape index (κ3) is 5.69. The van der Waals surface area contributed by atoms with Crippen molar-refractivity contribution in [1.29, 1.82) is 0 Å². The van der Waals surface area contributed by atoms with Crippen LogP contribution in [0.4, 0.5) is 10.7 Å². The van der Waals surface area contributed by atoms with Gasteiger partial charge in [-0.2, -0.15) is 11.3 Å². The number of carbonyl (C=O) groups excluding carboxylic acids is 2. The summed E-state index contributed by atoms with van der Waals surface area (Å²) in [6.07, 6.45) is 5.46. The quantitative estimate of drug-likeness (QED) is 0.472. The predicted octanol–water partition coefficient (Wildman–Crippen LogP) is 4.25. The van der Waals surface area contributed by atoms with Crippen LogP contribution in [0, 0.1) is 5.92 Å². The number of amides is 2. The molecule has 8 nitrogen and oxygen atoms in total. The van der Waals surface area contributed by atoms with E-state index >= 15 is 0 Å². The van der Waals surface area contributed by atoms with Gasteiger partial charge < -0.3 is 5.32 Å². The Morgan fingerprint density at radius 2 is 2.03 bits per heavy atom. The van der Waals surface area contributed by atoms with Crippen molar-refractivity contribution in [3.63, 3.8) is 0 Å². The summed E-state index contributed by atoms with van der Waals surface area (Å²) >= 11 is 2.57. The number of hydrogen-bond donors (Lipinski definition) is 2. The number of nitrogens with zero attached hydrogens (tertiary/aromatic N) is 4. The molecule has 2 fully saturated rings. The van der Waals surface area contributed by atoms with Crippen molar-refractivity contribution in [3.05, 3.63) is 63.6 Å². The van der Waals surface area contributed by atoms with Crippen LogP contribution in [0.5, 0.6) is 0 Å². The van der Waals surface area contributed by atoms with Crippen LogP contribution in [0.15, 0.2) is 52.2 Å². The highest BCUT2D eigenvalue weighted by Crippen LogP contribution is 2.25. The molecule has 0 aliphatic carbocycles. The Kier molecular flexibility index (Phi) is 6.98. The van der Waals surface area contributed by atoms with Gasteiger partial charge in [0.2, 0.25) is 5.95 Å². The lowest BCUT2D eigenvalue weighted by atomic mass is 9.96. The minimum Gasteiger partial charge on any atom is -0.354 e. The van der Waals surface area contributed by atoms with Gasteiger partial charge in [-0.05, 0) is 79.3 Å². The first-order valence-electron chi connectivity index (χ1n) is 11.1. The van der Waals surface area contributed by atoms with Crippen molar-refractivity contribution < 1.29 is 9.59 Å². The monoisotopic (exact) mass is 492 g/mol. The predicted molar refractivity (Wildman–Crippen MR) is 135 cm³/mol. The van der Waals surface area contributed by atoms with E-state index in [-0.39, 0.29) is 11.1 Å². The number of pyridine rings is 1. The number of carbonyl (C=O) groups is 2. The molecule has 174 valence electrons. The largest absolute Gasteiger partial charge is 0.354 e. The van der Waals surface area contributed by atoms with Gasteiger partial charge in [0.15, 0.2) is 0 Å². The number of hydrogen-bond acceptors (Lipinski definition) is 9. The van der Waals surface area contributed by atoms with Crippen LogP contribution in [0.3, 0.4) is 0 Å². The summed E-state index contributed by atoms with van der Waals surface area (Å²) in [4.78, 5) is 39.5. The second-order valence-electron chi connectivity index (χ2n) is 8.28. The molecule has 0 atom stereocenters. The Balaban J connectivity index is 1.11. The van der Waals surface area contributed by atoms with Gasteiger partial charge in [-0.15, -0.1) is 0 Å². The summed E-state index contributed by atoms with van der Waals surface area (Å²) in [7, 11) is 0. The lowest BCUT2D eigenvalue weighted by molar-refractivity contribution is -0.115. The van der Waals surface area contributed by atoms with Crippen LogP contribution >= 0.6 is 23.1 Å². The first-order valence-corrected chi connectivity index (χ1v) is 12.9. The van der Waals surface area contributed by atoms with E-state index in [4.69, 9.17) is 4.98 Å². The smallest absolute Gasteiger partial charge is 0.290 e. The zero-order valence-corrected chi connectivity index (χ0v) is 20.1. The van der Waals surface area contributed by atoms with E-state index in [1.807, 2.05) is 0 Å². The molecule has 0 bridgehead atoms. The van der Waals surface area contributed by atoms with E-state index in [0.29, 0.717) is 22.5 Å². The fourth-order valence-electron chi connectivity index (χ4n) is 4.05. The van der Waals surface area contributed by atoms with Crippen LogP contribution < -0.4 is 10.6 Å². The molecule has 2 N–H and O–H groups in total. The molecule has 0 unspecified atom stereocenters. The van der Waals surface area contributed by atoms with Crippen LogP contribution in [0.25, 0.3) is 17.3 Å². The topological polar surface area (TPSA) is 100 Å². The molecule has 2 saturated heterocycles. The highest BCUT2D eigenvalue weighted by molar-refractivity contribution is 8.18.